The molecule has 33 heavy (non-hydrogen) atoms. The predicted molar refractivity (Wildman–Crippen MR) is 124 cm³/mol. The molecule has 5 rings (SSSR count). The van der Waals surface area contributed by atoms with Crippen molar-refractivity contribution in [2.45, 2.75) is 51.6 Å². The minimum Gasteiger partial charge on any atom is -0.332 e. The van der Waals surface area contributed by atoms with E-state index < -0.39 is 0 Å². The van der Waals surface area contributed by atoms with E-state index in [1.54, 1.807) is 11.1 Å². The number of anilines is 1. The van der Waals surface area contributed by atoms with Gasteiger partial charge in [0.05, 0.1) is 19.0 Å². The Morgan fingerprint density at radius 3 is 2.67 bits per heavy atom. The van der Waals surface area contributed by atoms with Crippen molar-refractivity contribution < 1.29 is 9.59 Å². The van der Waals surface area contributed by atoms with Crippen LogP contribution in [0.15, 0.2) is 54.7 Å². The molecule has 0 saturated carbocycles. The molecule has 1 fully saturated rings. The minimum atomic E-state index is -0.180. The molecule has 1 aromatic carbocycles. The fourth-order valence-corrected chi connectivity index (χ4v) is 4.77. The fraction of sp³-hybridized carbons (Fsp3) is 0.346. The Bertz CT molecular complexity index is 1170. The van der Waals surface area contributed by atoms with Crippen LogP contribution >= 0.6 is 0 Å². The van der Waals surface area contributed by atoms with Gasteiger partial charge in [0.1, 0.15) is 5.82 Å². The lowest BCUT2D eigenvalue weighted by Gasteiger charge is -2.31. The van der Waals surface area contributed by atoms with Crippen LogP contribution in [0.4, 0.5) is 5.82 Å². The summed E-state index contributed by atoms with van der Waals surface area (Å²) in [6, 6.07) is 15.4. The Balaban J connectivity index is 1.45. The maximum Gasteiger partial charge on any atom is 0.229 e. The molecule has 0 bridgehead atoms. The molecule has 1 saturated heterocycles. The monoisotopic (exact) mass is 441 g/mol. The molecule has 3 aromatic rings. The molecular weight excluding hydrogens is 414 g/mol. The third kappa shape index (κ3) is 4.35. The Labute approximate surface area is 193 Å². The maximum atomic E-state index is 13.1. The van der Waals surface area contributed by atoms with Gasteiger partial charge in [-0.15, -0.1) is 0 Å². The Morgan fingerprint density at radius 2 is 1.88 bits per heavy atom. The largest absolute Gasteiger partial charge is 0.332 e. The van der Waals surface area contributed by atoms with Crippen LogP contribution in [0.1, 0.15) is 53.6 Å². The fourth-order valence-electron chi connectivity index (χ4n) is 4.77. The van der Waals surface area contributed by atoms with Crippen molar-refractivity contribution in [3.05, 3.63) is 83.1 Å². The smallest absolute Gasteiger partial charge is 0.229 e. The van der Waals surface area contributed by atoms with E-state index in [1.807, 2.05) is 60.4 Å². The number of amides is 2. The summed E-state index contributed by atoms with van der Waals surface area (Å²) in [5.74, 6) is 1.44. The summed E-state index contributed by atoms with van der Waals surface area (Å²) in [5.41, 5.74) is 3.74. The van der Waals surface area contributed by atoms with Gasteiger partial charge in [-0.3, -0.25) is 19.5 Å². The van der Waals surface area contributed by atoms with Crippen LogP contribution in [-0.4, -0.2) is 38.2 Å². The van der Waals surface area contributed by atoms with E-state index in [2.05, 4.69) is 4.98 Å². The maximum absolute atomic E-state index is 13.1. The second-order valence-corrected chi connectivity index (χ2v) is 8.68. The van der Waals surface area contributed by atoms with Crippen molar-refractivity contribution in [1.82, 2.24) is 19.9 Å². The first-order chi connectivity index (χ1) is 16.1. The van der Waals surface area contributed by atoms with Crippen LogP contribution in [0.2, 0.25) is 0 Å². The average Bonchev–Trinajstić information content (AvgIpc) is 3.32. The lowest BCUT2D eigenvalue weighted by molar-refractivity contribution is -0.131. The van der Waals surface area contributed by atoms with Gasteiger partial charge < -0.3 is 4.90 Å². The molecule has 2 amide bonds. The van der Waals surface area contributed by atoms with E-state index in [1.165, 1.54) is 0 Å². The number of carbonyl (C=O) groups excluding carboxylic acids is 2. The zero-order valence-electron chi connectivity index (χ0n) is 18.8. The summed E-state index contributed by atoms with van der Waals surface area (Å²) in [6.45, 7) is 3.15. The standard InChI is InChI=1S/C26H27N5O2/c1-18-21-12-13-23(32)31(17-19-8-3-2-4-9-19)26(21)29-25(28-18)22-11-7-15-30(22)24(33)16-20-10-5-6-14-27-20/h2-6,8-10,14,22H,7,11-13,15-17H2,1H3/t22-/m1/s1. The van der Waals surface area contributed by atoms with Crippen LogP contribution in [-0.2, 0) is 29.0 Å². The number of hydrogen-bond acceptors (Lipinski definition) is 5. The number of aromatic nitrogens is 3. The van der Waals surface area contributed by atoms with Crippen LogP contribution in [0, 0.1) is 6.92 Å². The summed E-state index contributed by atoms with van der Waals surface area (Å²) in [7, 11) is 0. The molecular formula is C26H27N5O2. The molecule has 4 heterocycles. The highest BCUT2D eigenvalue weighted by atomic mass is 16.2. The van der Waals surface area contributed by atoms with E-state index in [-0.39, 0.29) is 24.3 Å². The highest BCUT2D eigenvalue weighted by Gasteiger charge is 2.35. The highest BCUT2D eigenvalue weighted by Crippen LogP contribution is 2.35. The Kier molecular flexibility index (Phi) is 5.86. The zero-order chi connectivity index (χ0) is 22.8. The predicted octanol–water partition coefficient (Wildman–Crippen LogP) is 3.57. The van der Waals surface area contributed by atoms with Crippen LogP contribution in [0.3, 0.4) is 0 Å². The van der Waals surface area contributed by atoms with Crippen molar-refractivity contribution in [2.24, 2.45) is 0 Å². The molecule has 2 aliphatic rings. The summed E-state index contributed by atoms with van der Waals surface area (Å²) < 4.78 is 0. The number of likely N-dealkylation sites (tertiary alicyclic amines) is 1. The van der Waals surface area contributed by atoms with E-state index in [0.717, 1.165) is 35.4 Å². The number of hydrogen-bond donors (Lipinski definition) is 0. The Hall–Kier alpha value is -3.61. The quantitative estimate of drug-likeness (QED) is 0.605. The van der Waals surface area contributed by atoms with Gasteiger partial charge in [0.15, 0.2) is 5.82 Å². The molecule has 168 valence electrons. The van der Waals surface area contributed by atoms with Gasteiger partial charge in [0.25, 0.3) is 0 Å². The molecule has 2 aromatic heterocycles. The van der Waals surface area contributed by atoms with Gasteiger partial charge >= 0.3 is 0 Å². The summed E-state index contributed by atoms with van der Waals surface area (Å²) >= 11 is 0. The number of nitrogens with zero attached hydrogens (tertiary/aromatic N) is 5. The SMILES string of the molecule is Cc1nc([C@H]2CCCN2C(=O)Cc2ccccn2)nc2c1CCC(=O)N2Cc1ccccc1. The van der Waals surface area contributed by atoms with Gasteiger partial charge in [-0.1, -0.05) is 36.4 Å². The number of pyridine rings is 1. The molecule has 0 N–H and O–H groups in total. The number of carbonyl (C=O) groups is 2. The van der Waals surface area contributed by atoms with E-state index in [0.29, 0.717) is 37.6 Å². The molecule has 7 nitrogen and oxygen atoms in total. The van der Waals surface area contributed by atoms with E-state index >= 15 is 0 Å². The lowest BCUT2D eigenvalue weighted by Crippen LogP contribution is -2.37. The van der Waals surface area contributed by atoms with Gasteiger partial charge in [-0.05, 0) is 43.9 Å². The first-order valence-electron chi connectivity index (χ1n) is 11.5. The first kappa shape index (κ1) is 21.2. The summed E-state index contributed by atoms with van der Waals surface area (Å²) in [4.78, 5) is 43.6. The molecule has 0 aliphatic carbocycles. The van der Waals surface area contributed by atoms with Crippen molar-refractivity contribution in [1.29, 1.82) is 0 Å². The minimum absolute atomic E-state index is 0.0346. The second-order valence-electron chi connectivity index (χ2n) is 8.68. The number of aryl methyl sites for hydroxylation is 1. The number of fused-ring (bicyclic) bond motifs is 1. The van der Waals surface area contributed by atoms with Crippen LogP contribution in [0.5, 0.6) is 0 Å². The molecule has 1 atom stereocenters. The average molecular weight is 442 g/mol. The van der Waals surface area contributed by atoms with E-state index in [4.69, 9.17) is 9.97 Å². The lowest BCUT2D eigenvalue weighted by atomic mass is 10.0. The van der Waals surface area contributed by atoms with Gasteiger partial charge in [0.2, 0.25) is 11.8 Å². The van der Waals surface area contributed by atoms with Gasteiger partial charge in [0, 0.05) is 36.1 Å². The van der Waals surface area contributed by atoms with E-state index in [9.17, 15) is 9.59 Å². The van der Waals surface area contributed by atoms with Gasteiger partial charge in [-0.25, -0.2) is 9.97 Å². The molecule has 2 aliphatic heterocycles. The van der Waals surface area contributed by atoms with Crippen LogP contribution < -0.4 is 4.90 Å². The summed E-state index contributed by atoms with van der Waals surface area (Å²) in [6.07, 6.45) is 4.81. The van der Waals surface area contributed by atoms with Crippen molar-refractivity contribution in [3.63, 3.8) is 0 Å². The molecule has 0 spiro atoms. The van der Waals surface area contributed by atoms with Crippen molar-refractivity contribution in [2.75, 3.05) is 11.4 Å². The normalized spacial score (nSPS) is 17.8. The first-order valence-corrected chi connectivity index (χ1v) is 11.5. The van der Waals surface area contributed by atoms with Crippen molar-refractivity contribution in [3.8, 4) is 0 Å². The summed E-state index contributed by atoms with van der Waals surface area (Å²) in [5, 5.41) is 0. The second kappa shape index (κ2) is 9.10. The highest BCUT2D eigenvalue weighted by molar-refractivity contribution is 5.95. The van der Waals surface area contributed by atoms with Crippen molar-refractivity contribution >= 4 is 17.6 Å². The molecule has 7 heteroatoms. The molecule has 0 unspecified atom stereocenters. The topological polar surface area (TPSA) is 79.3 Å². The zero-order valence-corrected chi connectivity index (χ0v) is 18.8. The third-order valence-electron chi connectivity index (χ3n) is 6.47. The molecule has 0 radical (unpaired) electrons. The Morgan fingerprint density at radius 1 is 1.06 bits per heavy atom. The number of rotatable bonds is 5. The number of benzene rings is 1. The van der Waals surface area contributed by atoms with Crippen LogP contribution in [0.25, 0.3) is 0 Å². The van der Waals surface area contributed by atoms with Gasteiger partial charge in [-0.2, -0.15) is 0 Å². The third-order valence-corrected chi connectivity index (χ3v) is 6.47.